The van der Waals surface area contributed by atoms with Crippen LogP contribution in [-0.4, -0.2) is 7.11 Å². The van der Waals surface area contributed by atoms with Crippen LogP contribution < -0.4 is 4.74 Å². The van der Waals surface area contributed by atoms with E-state index in [1.807, 2.05) is 12.1 Å². The summed E-state index contributed by atoms with van der Waals surface area (Å²) in [4.78, 5) is 0. The first kappa shape index (κ1) is 11.1. The van der Waals surface area contributed by atoms with E-state index < -0.39 is 0 Å². The van der Waals surface area contributed by atoms with Crippen molar-refractivity contribution in [1.29, 1.82) is 0 Å². The third-order valence-electron chi connectivity index (χ3n) is 2.45. The molecule has 0 bridgehead atoms. The monoisotopic (exact) mass is 191 g/mol. The van der Waals surface area contributed by atoms with E-state index in [-0.39, 0.29) is 0 Å². The first-order valence-electron chi connectivity index (χ1n) is 5.15. The zero-order valence-electron chi connectivity index (χ0n) is 9.72. The van der Waals surface area contributed by atoms with E-state index in [9.17, 15) is 0 Å². The van der Waals surface area contributed by atoms with E-state index in [1.54, 1.807) is 7.11 Å². The molecule has 1 heteroatoms. The van der Waals surface area contributed by atoms with Crippen molar-refractivity contribution in [2.45, 2.75) is 39.5 Å². The average molecular weight is 191 g/mol. The Labute approximate surface area is 87.1 Å². The highest BCUT2D eigenvalue weighted by Crippen LogP contribution is 2.33. The summed E-state index contributed by atoms with van der Waals surface area (Å²) in [5, 5.41) is 0. The van der Waals surface area contributed by atoms with Gasteiger partial charge in [0.1, 0.15) is 5.75 Å². The molecule has 0 spiro atoms. The fourth-order valence-electron chi connectivity index (χ4n) is 1.61. The maximum atomic E-state index is 5.48. The minimum atomic E-state index is 0.486. The van der Waals surface area contributed by atoms with E-state index >= 15 is 0 Å². The standard InChI is InChI=1S/C13H19O/c1-9(2)11-7-6-8-12(10(3)4)13(11)14-5/h7-10H,1-5H3. The fourth-order valence-corrected chi connectivity index (χ4v) is 1.61. The maximum Gasteiger partial charge on any atom is 0.125 e. The van der Waals surface area contributed by atoms with Crippen molar-refractivity contribution in [2.75, 3.05) is 7.11 Å². The molecule has 0 aromatic heterocycles. The van der Waals surface area contributed by atoms with Crippen molar-refractivity contribution in [3.8, 4) is 5.75 Å². The molecule has 0 aliphatic rings. The third kappa shape index (κ3) is 2.09. The van der Waals surface area contributed by atoms with Gasteiger partial charge in [0.15, 0.2) is 0 Å². The molecular weight excluding hydrogens is 172 g/mol. The number of benzene rings is 1. The molecule has 1 rings (SSSR count). The predicted octanol–water partition coefficient (Wildman–Crippen LogP) is 3.74. The van der Waals surface area contributed by atoms with Crippen LogP contribution >= 0.6 is 0 Å². The van der Waals surface area contributed by atoms with Gasteiger partial charge in [-0.1, -0.05) is 27.7 Å². The number of methoxy groups -OCH3 is 1. The molecule has 0 heterocycles. The van der Waals surface area contributed by atoms with E-state index in [0.717, 1.165) is 5.75 Å². The van der Waals surface area contributed by atoms with Gasteiger partial charge in [-0.3, -0.25) is 0 Å². The Hall–Kier alpha value is -0.980. The van der Waals surface area contributed by atoms with Gasteiger partial charge in [0.25, 0.3) is 0 Å². The molecule has 0 N–H and O–H groups in total. The quantitative estimate of drug-likeness (QED) is 0.707. The van der Waals surface area contributed by atoms with Crippen LogP contribution in [0.5, 0.6) is 5.75 Å². The van der Waals surface area contributed by atoms with Gasteiger partial charge in [-0.15, -0.1) is 0 Å². The molecule has 1 nitrogen and oxygen atoms in total. The van der Waals surface area contributed by atoms with Crippen molar-refractivity contribution in [1.82, 2.24) is 0 Å². The zero-order valence-corrected chi connectivity index (χ0v) is 9.72. The van der Waals surface area contributed by atoms with Crippen molar-refractivity contribution in [3.05, 3.63) is 29.3 Å². The molecule has 0 aliphatic heterocycles. The lowest BCUT2D eigenvalue weighted by atomic mass is 9.94. The zero-order chi connectivity index (χ0) is 10.7. The highest BCUT2D eigenvalue weighted by Gasteiger charge is 2.13. The Morgan fingerprint density at radius 3 is 1.71 bits per heavy atom. The molecule has 0 aliphatic carbocycles. The second-order valence-corrected chi connectivity index (χ2v) is 4.21. The lowest BCUT2D eigenvalue weighted by Crippen LogP contribution is -2.00. The van der Waals surface area contributed by atoms with Crippen molar-refractivity contribution in [3.63, 3.8) is 0 Å². The first-order valence-corrected chi connectivity index (χ1v) is 5.15. The van der Waals surface area contributed by atoms with E-state index in [4.69, 9.17) is 4.74 Å². The van der Waals surface area contributed by atoms with Crippen LogP contribution in [0.1, 0.15) is 50.7 Å². The topological polar surface area (TPSA) is 9.23 Å². The molecule has 0 fully saturated rings. The highest BCUT2D eigenvalue weighted by molar-refractivity contribution is 5.44. The Bertz CT molecular complexity index is 274. The largest absolute Gasteiger partial charge is 0.496 e. The molecular formula is C13H19O. The minimum absolute atomic E-state index is 0.486. The number of hydrogen-bond acceptors (Lipinski definition) is 1. The van der Waals surface area contributed by atoms with Gasteiger partial charge in [0, 0.05) is 0 Å². The Kier molecular flexibility index (Phi) is 3.56. The van der Waals surface area contributed by atoms with Gasteiger partial charge in [0.2, 0.25) is 0 Å². The van der Waals surface area contributed by atoms with Gasteiger partial charge in [-0.25, -0.2) is 0 Å². The van der Waals surface area contributed by atoms with E-state index in [1.165, 1.54) is 11.1 Å². The predicted molar refractivity (Wildman–Crippen MR) is 60.0 cm³/mol. The summed E-state index contributed by atoms with van der Waals surface area (Å²) in [5.74, 6) is 2.01. The molecule has 1 aromatic rings. The van der Waals surface area contributed by atoms with Gasteiger partial charge >= 0.3 is 0 Å². The van der Waals surface area contributed by atoms with Gasteiger partial charge < -0.3 is 4.74 Å². The van der Waals surface area contributed by atoms with Crippen LogP contribution in [0.4, 0.5) is 0 Å². The molecule has 0 amide bonds. The minimum Gasteiger partial charge on any atom is -0.496 e. The van der Waals surface area contributed by atoms with Gasteiger partial charge in [-0.2, -0.15) is 0 Å². The van der Waals surface area contributed by atoms with Crippen molar-refractivity contribution in [2.24, 2.45) is 0 Å². The van der Waals surface area contributed by atoms with Gasteiger partial charge in [-0.05, 0) is 41.2 Å². The normalized spacial score (nSPS) is 11.1. The van der Waals surface area contributed by atoms with Crippen LogP contribution in [0.3, 0.4) is 0 Å². The van der Waals surface area contributed by atoms with Gasteiger partial charge in [0.05, 0.1) is 7.11 Å². The van der Waals surface area contributed by atoms with Crippen LogP contribution in [0, 0.1) is 6.07 Å². The number of hydrogen-bond donors (Lipinski definition) is 0. The SMILES string of the molecule is COc1c(C(C)C)c[c]cc1C(C)C. The summed E-state index contributed by atoms with van der Waals surface area (Å²) in [5.41, 5.74) is 2.50. The summed E-state index contributed by atoms with van der Waals surface area (Å²) in [7, 11) is 1.74. The fraction of sp³-hybridized carbons (Fsp3) is 0.538. The smallest absolute Gasteiger partial charge is 0.125 e. The summed E-state index contributed by atoms with van der Waals surface area (Å²) in [6, 6.07) is 7.23. The number of ether oxygens (including phenoxy) is 1. The number of rotatable bonds is 3. The lowest BCUT2D eigenvalue weighted by Gasteiger charge is -2.17. The summed E-state index contributed by atoms with van der Waals surface area (Å²) >= 11 is 0. The lowest BCUT2D eigenvalue weighted by molar-refractivity contribution is 0.400. The summed E-state index contributed by atoms with van der Waals surface area (Å²) in [6.45, 7) is 8.71. The van der Waals surface area contributed by atoms with Crippen LogP contribution in [0.25, 0.3) is 0 Å². The van der Waals surface area contributed by atoms with Crippen LogP contribution in [0.2, 0.25) is 0 Å². The Morgan fingerprint density at radius 1 is 1.00 bits per heavy atom. The Balaban J connectivity index is 3.25. The van der Waals surface area contributed by atoms with Crippen LogP contribution in [-0.2, 0) is 0 Å². The first-order chi connectivity index (χ1) is 6.57. The molecule has 0 unspecified atom stereocenters. The Morgan fingerprint density at radius 2 is 1.43 bits per heavy atom. The third-order valence-corrected chi connectivity index (χ3v) is 2.45. The molecule has 14 heavy (non-hydrogen) atoms. The maximum absolute atomic E-state index is 5.48. The molecule has 0 saturated heterocycles. The molecule has 0 saturated carbocycles. The second kappa shape index (κ2) is 4.50. The van der Waals surface area contributed by atoms with E-state index in [0.29, 0.717) is 11.8 Å². The molecule has 77 valence electrons. The summed E-state index contributed by atoms with van der Waals surface area (Å²) < 4.78 is 5.48. The van der Waals surface area contributed by atoms with E-state index in [2.05, 4.69) is 33.8 Å². The highest BCUT2D eigenvalue weighted by atomic mass is 16.5. The van der Waals surface area contributed by atoms with Crippen molar-refractivity contribution >= 4 is 0 Å². The second-order valence-electron chi connectivity index (χ2n) is 4.21. The van der Waals surface area contributed by atoms with Crippen LogP contribution in [0.15, 0.2) is 12.1 Å². The average Bonchev–Trinajstić information content (AvgIpc) is 2.16. The molecule has 0 atom stereocenters. The molecule has 1 radical (unpaired) electrons. The van der Waals surface area contributed by atoms with Crippen molar-refractivity contribution < 1.29 is 4.74 Å². The summed E-state index contributed by atoms with van der Waals surface area (Å²) in [6.07, 6.45) is 0. The molecule has 1 aromatic carbocycles.